The minimum absolute atomic E-state index is 0.0321. The molecule has 24 heavy (non-hydrogen) atoms. The second-order valence-electron chi connectivity index (χ2n) is 6.23. The molecule has 4 amide bonds. The van der Waals surface area contributed by atoms with Gasteiger partial charge in [-0.15, -0.1) is 6.42 Å². The lowest BCUT2D eigenvalue weighted by molar-refractivity contribution is -0.151. The van der Waals surface area contributed by atoms with Gasteiger partial charge in [0.1, 0.15) is 12.1 Å². The van der Waals surface area contributed by atoms with Crippen molar-refractivity contribution in [3.63, 3.8) is 0 Å². The van der Waals surface area contributed by atoms with Gasteiger partial charge < -0.3 is 15.4 Å². The van der Waals surface area contributed by atoms with Gasteiger partial charge in [-0.3, -0.25) is 19.3 Å². The fraction of sp³-hybridized carbons (Fsp3) is 0.625. The van der Waals surface area contributed by atoms with Gasteiger partial charge in [0, 0.05) is 0 Å². The van der Waals surface area contributed by atoms with Gasteiger partial charge in [-0.05, 0) is 31.6 Å². The normalized spacial score (nSPS) is 26.0. The lowest BCUT2D eigenvalue weighted by Crippen LogP contribution is -2.49. The molecule has 0 aromatic rings. The lowest BCUT2D eigenvalue weighted by Gasteiger charge is -2.33. The van der Waals surface area contributed by atoms with Crippen molar-refractivity contribution in [2.24, 2.45) is 5.92 Å². The number of ether oxygens (including phenoxy) is 1. The molecule has 1 saturated heterocycles. The smallest absolute Gasteiger partial charge is 0.326 e. The van der Waals surface area contributed by atoms with E-state index in [9.17, 15) is 19.2 Å². The first-order valence-electron chi connectivity index (χ1n) is 7.88. The summed E-state index contributed by atoms with van der Waals surface area (Å²) in [6, 6.07) is -0.594. The van der Waals surface area contributed by atoms with Gasteiger partial charge in [0.15, 0.2) is 6.61 Å². The van der Waals surface area contributed by atoms with Crippen molar-refractivity contribution in [1.82, 2.24) is 15.5 Å². The van der Waals surface area contributed by atoms with Crippen molar-refractivity contribution in [2.75, 3.05) is 19.7 Å². The summed E-state index contributed by atoms with van der Waals surface area (Å²) in [5.74, 6) is 0.965. The number of urea groups is 1. The first kappa shape index (κ1) is 17.8. The SMILES string of the molecule is C#CCNC(=O)COC(=O)CN1C(=O)NC2(CCC(C)CC2)C1=O. The molecule has 2 fully saturated rings. The minimum Gasteiger partial charge on any atom is -0.454 e. The van der Waals surface area contributed by atoms with Crippen LogP contribution in [-0.2, 0) is 19.1 Å². The molecule has 0 radical (unpaired) electrons. The van der Waals surface area contributed by atoms with Crippen molar-refractivity contribution < 1.29 is 23.9 Å². The zero-order chi connectivity index (χ0) is 17.7. The van der Waals surface area contributed by atoms with E-state index in [2.05, 4.69) is 23.5 Å². The number of rotatable bonds is 5. The van der Waals surface area contributed by atoms with Crippen LogP contribution in [-0.4, -0.2) is 54.0 Å². The molecule has 1 aliphatic heterocycles. The summed E-state index contributed by atoms with van der Waals surface area (Å²) in [5, 5.41) is 5.05. The Morgan fingerprint density at radius 3 is 2.71 bits per heavy atom. The number of hydrogen-bond acceptors (Lipinski definition) is 5. The van der Waals surface area contributed by atoms with E-state index in [0.29, 0.717) is 18.8 Å². The predicted molar refractivity (Wildman–Crippen MR) is 83.4 cm³/mol. The molecule has 1 aliphatic carbocycles. The monoisotopic (exact) mass is 335 g/mol. The van der Waals surface area contributed by atoms with E-state index in [0.717, 1.165) is 17.7 Å². The fourth-order valence-electron chi connectivity index (χ4n) is 2.94. The number of nitrogens with zero attached hydrogens (tertiary/aromatic N) is 1. The van der Waals surface area contributed by atoms with Crippen LogP contribution < -0.4 is 10.6 Å². The highest BCUT2D eigenvalue weighted by Gasteiger charge is 2.52. The molecule has 2 N–H and O–H groups in total. The quantitative estimate of drug-likeness (QED) is 0.411. The highest BCUT2D eigenvalue weighted by molar-refractivity contribution is 6.08. The number of esters is 1. The summed E-state index contributed by atoms with van der Waals surface area (Å²) in [6.45, 7) is 1.12. The molecule has 1 spiro atoms. The second-order valence-corrected chi connectivity index (χ2v) is 6.23. The van der Waals surface area contributed by atoms with Crippen LogP contribution in [0, 0.1) is 18.3 Å². The number of terminal acetylenes is 1. The molecule has 1 heterocycles. The van der Waals surface area contributed by atoms with Crippen LogP contribution in [0.1, 0.15) is 32.6 Å². The Bertz CT molecular complexity index is 587. The van der Waals surface area contributed by atoms with E-state index in [1.807, 2.05) is 0 Å². The van der Waals surface area contributed by atoms with E-state index >= 15 is 0 Å². The number of amides is 4. The summed E-state index contributed by atoms with van der Waals surface area (Å²) in [6.07, 6.45) is 7.82. The van der Waals surface area contributed by atoms with Gasteiger partial charge in [0.2, 0.25) is 0 Å². The van der Waals surface area contributed by atoms with Crippen LogP contribution in [0.3, 0.4) is 0 Å². The number of imide groups is 1. The zero-order valence-electron chi connectivity index (χ0n) is 13.6. The van der Waals surface area contributed by atoms with Gasteiger partial charge in [-0.1, -0.05) is 12.8 Å². The van der Waals surface area contributed by atoms with Crippen LogP contribution >= 0.6 is 0 Å². The average Bonchev–Trinajstić information content (AvgIpc) is 2.78. The molecule has 8 heteroatoms. The number of carbonyl (C=O) groups is 4. The number of carbonyl (C=O) groups excluding carboxylic acids is 4. The highest BCUT2D eigenvalue weighted by Crippen LogP contribution is 2.36. The lowest BCUT2D eigenvalue weighted by atomic mass is 9.77. The fourth-order valence-corrected chi connectivity index (χ4v) is 2.94. The number of nitrogens with one attached hydrogen (secondary N) is 2. The Morgan fingerprint density at radius 1 is 1.42 bits per heavy atom. The summed E-state index contributed by atoms with van der Waals surface area (Å²) in [5.41, 5.74) is -0.895. The summed E-state index contributed by atoms with van der Waals surface area (Å²) in [4.78, 5) is 48.5. The van der Waals surface area contributed by atoms with Crippen LogP contribution in [0.4, 0.5) is 4.79 Å². The van der Waals surface area contributed by atoms with E-state index in [-0.39, 0.29) is 6.54 Å². The topological polar surface area (TPSA) is 105 Å². The van der Waals surface area contributed by atoms with Gasteiger partial charge in [-0.25, -0.2) is 4.79 Å². The Morgan fingerprint density at radius 2 is 2.08 bits per heavy atom. The van der Waals surface area contributed by atoms with Gasteiger partial charge >= 0.3 is 12.0 Å². The molecule has 8 nitrogen and oxygen atoms in total. The van der Waals surface area contributed by atoms with E-state index < -0.39 is 42.5 Å². The van der Waals surface area contributed by atoms with Crippen molar-refractivity contribution in [2.45, 2.75) is 38.1 Å². The summed E-state index contributed by atoms with van der Waals surface area (Å²) >= 11 is 0. The molecule has 130 valence electrons. The Balaban J connectivity index is 1.87. The summed E-state index contributed by atoms with van der Waals surface area (Å²) in [7, 11) is 0. The van der Waals surface area contributed by atoms with Gasteiger partial charge in [0.05, 0.1) is 6.54 Å². The highest BCUT2D eigenvalue weighted by atomic mass is 16.5. The van der Waals surface area contributed by atoms with Crippen molar-refractivity contribution in [3.8, 4) is 12.3 Å². The third-order valence-electron chi connectivity index (χ3n) is 4.41. The molecule has 0 bridgehead atoms. The van der Waals surface area contributed by atoms with E-state index in [4.69, 9.17) is 11.2 Å². The van der Waals surface area contributed by atoms with Crippen LogP contribution in [0.25, 0.3) is 0 Å². The second kappa shape index (κ2) is 7.34. The Labute approximate surface area is 140 Å². The molecule has 1 saturated carbocycles. The Kier molecular flexibility index (Phi) is 5.44. The molecule has 0 unspecified atom stereocenters. The zero-order valence-corrected chi connectivity index (χ0v) is 13.6. The molecular formula is C16H21N3O5. The largest absolute Gasteiger partial charge is 0.454 e. The maximum absolute atomic E-state index is 12.5. The van der Waals surface area contributed by atoms with Gasteiger partial charge in [-0.2, -0.15) is 0 Å². The third-order valence-corrected chi connectivity index (χ3v) is 4.41. The van der Waals surface area contributed by atoms with Crippen molar-refractivity contribution in [1.29, 1.82) is 0 Å². The molecular weight excluding hydrogens is 314 g/mol. The van der Waals surface area contributed by atoms with E-state index in [1.54, 1.807) is 0 Å². The Hall–Kier alpha value is -2.56. The molecule has 0 aromatic carbocycles. The van der Waals surface area contributed by atoms with Crippen LogP contribution in [0.2, 0.25) is 0 Å². The maximum Gasteiger partial charge on any atom is 0.326 e. The van der Waals surface area contributed by atoms with Crippen LogP contribution in [0.15, 0.2) is 0 Å². The van der Waals surface area contributed by atoms with Crippen LogP contribution in [0.5, 0.6) is 0 Å². The average molecular weight is 335 g/mol. The molecule has 2 rings (SSSR count). The maximum atomic E-state index is 12.5. The predicted octanol–water partition coefficient (Wildman–Crippen LogP) is -0.220. The van der Waals surface area contributed by atoms with Crippen molar-refractivity contribution in [3.05, 3.63) is 0 Å². The molecule has 0 aromatic heterocycles. The molecule has 0 atom stereocenters. The van der Waals surface area contributed by atoms with E-state index in [1.165, 1.54) is 0 Å². The standard InChI is InChI=1S/C16H21N3O5/c1-3-8-17-12(20)10-24-13(21)9-19-14(22)16(18-15(19)23)6-4-11(2)5-7-16/h1,11H,4-10H2,2H3,(H,17,20)(H,18,23). The van der Waals surface area contributed by atoms with Gasteiger partial charge in [0.25, 0.3) is 11.8 Å². The molecule has 2 aliphatic rings. The number of hydrogen-bond donors (Lipinski definition) is 2. The first-order valence-corrected chi connectivity index (χ1v) is 7.88. The first-order chi connectivity index (χ1) is 11.4. The minimum atomic E-state index is -0.895. The van der Waals surface area contributed by atoms with Crippen molar-refractivity contribution >= 4 is 23.8 Å². The summed E-state index contributed by atoms with van der Waals surface area (Å²) < 4.78 is 4.76. The third kappa shape index (κ3) is 3.85.